The first-order valence-electron chi connectivity index (χ1n) is 10.5. The van der Waals surface area contributed by atoms with Gasteiger partial charge in [-0.3, -0.25) is 0 Å². The van der Waals surface area contributed by atoms with Crippen molar-refractivity contribution in [2.75, 3.05) is 11.9 Å². The Bertz CT molecular complexity index is 814. The fourth-order valence-electron chi connectivity index (χ4n) is 4.82. The molecule has 8 nitrogen and oxygen atoms in total. The van der Waals surface area contributed by atoms with E-state index in [0.29, 0.717) is 12.3 Å². The molecule has 3 aliphatic heterocycles. The number of hydrogen-bond donors (Lipinski definition) is 2. The summed E-state index contributed by atoms with van der Waals surface area (Å²) in [7, 11) is 0. The number of nitrogens with one attached hydrogen (secondary N) is 2. The van der Waals surface area contributed by atoms with E-state index in [-0.39, 0.29) is 6.10 Å². The molecule has 0 unspecified atom stereocenters. The molecule has 0 radical (unpaired) electrons. The number of fused-ring (bicyclic) bond motifs is 1. The largest absolute Gasteiger partial charge is 0.347 e. The maximum atomic E-state index is 13.4. The van der Waals surface area contributed by atoms with Gasteiger partial charge in [0.2, 0.25) is 0 Å². The predicted octanol–water partition coefficient (Wildman–Crippen LogP) is 2.88. The lowest BCUT2D eigenvalue weighted by atomic mass is 10.0. The summed E-state index contributed by atoms with van der Waals surface area (Å²) in [6.07, 6.45) is 1.92. The number of amides is 2. The van der Waals surface area contributed by atoms with Gasteiger partial charge in [0.1, 0.15) is 24.1 Å². The molecular formula is C21H27FN2O6. The van der Waals surface area contributed by atoms with E-state index in [1.807, 2.05) is 0 Å². The second kappa shape index (κ2) is 7.42. The van der Waals surface area contributed by atoms with Crippen LogP contribution in [0.25, 0.3) is 0 Å². The van der Waals surface area contributed by atoms with Crippen molar-refractivity contribution < 1.29 is 32.9 Å². The summed E-state index contributed by atoms with van der Waals surface area (Å²) in [4.78, 5) is 12.7. The molecule has 0 aromatic heterocycles. The van der Waals surface area contributed by atoms with Gasteiger partial charge in [-0.1, -0.05) is 6.07 Å². The molecule has 164 valence electrons. The van der Waals surface area contributed by atoms with Gasteiger partial charge in [0.25, 0.3) is 0 Å². The Labute approximate surface area is 174 Å². The second-order valence-electron chi connectivity index (χ2n) is 8.79. The molecule has 1 aromatic rings. The first kappa shape index (κ1) is 20.1. The van der Waals surface area contributed by atoms with Crippen LogP contribution in [0.15, 0.2) is 24.3 Å². The Morgan fingerprint density at radius 3 is 2.70 bits per heavy atom. The van der Waals surface area contributed by atoms with Crippen LogP contribution in [0.2, 0.25) is 0 Å². The van der Waals surface area contributed by atoms with Gasteiger partial charge in [-0.15, -0.1) is 0 Å². The third-order valence-corrected chi connectivity index (χ3v) is 6.08. The van der Waals surface area contributed by atoms with Crippen molar-refractivity contribution in [3.05, 3.63) is 30.1 Å². The van der Waals surface area contributed by atoms with Gasteiger partial charge in [-0.2, -0.15) is 0 Å². The summed E-state index contributed by atoms with van der Waals surface area (Å²) < 4.78 is 43.7. The van der Waals surface area contributed by atoms with Crippen LogP contribution in [0.1, 0.15) is 39.5 Å². The second-order valence-corrected chi connectivity index (χ2v) is 8.79. The molecule has 5 atom stereocenters. The molecule has 4 fully saturated rings. The highest BCUT2D eigenvalue weighted by molar-refractivity contribution is 5.89. The number of hydrogen-bond acceptors (Lipinski definition) is 6. The topological polar surface area (TPSA) is 87.3 Å². The minimum atomic E-state index is -0.820. The van der Waals surface area contributed by atoms with Crippen molar-refractivity contribution in [1.82, 2.24) is 5.32 Å². The van der Waals surface area contributed by atoms with Crippen LogP contribution in [0.4, 0.5) is 14.9 Å². The predicted molar refractivity (Wildman–Crippen MR) is 103 cm³/mol. The van der Waals surface area contributed by atoms with Gasteiger partial charge >= 0.3 is 6.03 Å². The standard InChI is InChI=1S/C21H27FN2O6/c1-20(2)29-17-15(24-19(25)23-13-7-5-6-12(22)10-13)16(27-18(17)30-20)14-11-26-21(28-14)8-3-4-9-21/h5-7,10,14-18H,3-4,8-9,11H2,1-2H3,(H2,23,24,25)/t14-,15+,16-,17-,18-/m1/s1. The quantitative estimate of drug-likeness (QED) is 0.779. The number of carbonyl (C=O) groups excluding carboxylic acids is 1. The molecule has 4 aliphatic rings. The van der Waals surface area contributed by atoms with Crippen LogP contribution in [0, 0.1) is 5.82 Å². The number of urea groups is 1. The Balaban J connectivity index is 1.31. The molecular weight excluding hydrogens is 395 g/mol. The van der Waals surface area contributed by atoms with Gasteiger partial charge in [-0.25, -0.2) is 9.18 Å². The maximum absolute atomic E-state index is 13.4. The molecule has 1 spiro atoms. The minimum Gasteiger partial charge on any atom is -0.347 e. The van der Waals surface area contributed by atoms with Crippen molar-refractivity contribution in [2.24, 2.45) is 0 Å². The average molecular weight is 422 g/mol. The number of benzene rings is 1. The molecule has 1 aromatic carbocycles. The first-order chi connectivity index (χ1) is 14.3. The van der Waals surface area contributed by atoms with E-state index < -0.39 is 48.0 Å². The highest BCUT2D eigenvalue weighted by atomic mass is 19.1. The van der Waals surface area contributed by atoms with Gasteiger partial charge in [0.15, 0.2) is 17.9 Å². The monoisotopic (exact) mass is 422 g/mol. The van der Waals surface area contributed by atoms with E-state index in [9.17, 15) is 9.18 Å². The van der Waals surface area contributed by atoms with Crippen LogP contribution in [-0.4, -0.2) is 54.9 Å². The summed E-state index contributed by atoms with van der Waals surface area (Å²) in [5.74, 6) is -1.79. The molecule has 30 heavy (non-hydrogen) atoms. The fraction of sp³-hybridized carbons (Fsp3) is 0.667. The Morgan fingerprint density at radius 2 is 1.93 bits per heavy atom. The van der Waals surface area contributed by atoms with Crippen molar-refractivity contribution in [1.29, 1.82) is 0 Å². The Hall–Kier alpha value is -1.78. The lowest BCUT2D eigenvalue weighted by Gasteiger charge is -2.30. The number of rotatable bonds is 3. The molecule has 3 heterocycles. The zero-order chi connectivity index (χ0) is 20.9. The lowest BCUT2D eigenvalue weighted by molar-refractivity contribution is -0.226. The van der Waals surface area contributed by atoms with E-state index in [2.05, 4.69) is 10.6 Å². The molecule has 5 rings (SSSR count). The number of anilines is 1. The Morgan fingerprint density at radius 1 is 1.13 bits per heavy atom. The van der Waals surface area contributed by atoms with Crippen LogP contribution in [0.3, 0.4) is 0 Å². The third-order valence-electron chi connectivity index (χ3n) is 6.08. The van der Waals surface area contributed by atoms with E-state index in [0.717, 1.165) is 25.7 Å². The van der Waals surface area contributed by atoms with E-state index >= 15 is 0 Å². The normalized spacial score (nSPS) is 36.2. The zero-order valence-electron chi connectivity index (χ0n) is 17.1. The van der Waals surface area contributed by atoms with Gasteiger partial charge in [0.05, 0.1) is 12.6 Å². The summed E-state index contributed by atoms with van der Waals surface area (Å²) in [6.45, 7) is 3.99. The highest BCUT2D eigenvalue weighted by Crippen LogP contribution is 2.44. The smallest absolute Gasteiger partial charge is 0.319 e. The van der Waals surface area contributed by atoms with Crippen molar-refractivity contribution in [3.8, 4) is 0 Å². The zero-order valence-corrected chi connectivity index (χ0v) is 17.1. The average Bonchev–Trinajstić information content (AvgIpc) is 3.42. The summed E-state index contributed by atoms with van der Waals surface area (Å²) in [6, 6.07) is 4.71. The Kier molecular flexibility index (Phi) is 4.98. The summed E-state index contributed by atoms with van der Waals surface area (Å²) in [5.41, 5.74) is 0.355. The van der Waals surface area contributed by atoms with E-state index in [4.69, 9.17) is 23.7 Å². The van der Waals surface area contributed by atoms with Crippen LogP contribution in [-0.2, 0) is 23.7 Å². The van der Waals surface area contributed by atoms with Gasteiger partial charge in [-0.05, 0) is 44.9 Å². The summed E-state index contributed by atoms with van der Waals surface area (Å²) >= 11 is 0. The fourth-order valence-corrected chi connectivity index (χ4v) is 4.82. The van der Waals surface area contributed by atoms with Gasteiger partial charge in [0, 0.05) is 18.5 Å². The third kappa shape index (κ3) is 3.80. The SMILES string of the molecule is CC1(C)O[C@H]2O[C@H]([C@H]3COC4(CCCC4)O3)[C@H](NC(=O)Nc3cccc(F)c3)[C@H]2O1. The molecule has 1 saturated carbocycles. The van der Waals surface area contributed by atoms with Crippen LogP contribution >= 0.6 is 0 Å². The molecule has 2 N–H and O–H groups in total. The van der Waals surface area contributed by atoms with E-state index in [1.54, 1.807) is 19.9 Å². The molecule has 3 saturated heterocycles. The molecule has 2 amide bonds. The van der Waals surface area contributed by atoms with E-state index in [1.165, 1.54) is 18.2 Å². The maximum Gasteiger partial charge on any atom is 0.319 e. The molecule has 9 heteroatoms. The van der Waals surface area contributed by atoms with Crippen LogP contribution < -0.4 is 10.6 Å². The van der Waals surface area contributed by atoms with Gasteiger partial charge < -0.3 is 34.3 Å². The molecule has 0 bridgehead atoms. The molecule has 1 aliphatic carbocycles. The first-order valence-corrected chi connectivity index (χ1v) is 10.5. The van der Waals surface area contributed by atoms with Crippen molar-refractivity contribution in [2.45, 2.75) is 81.7 Å². The lowest BCUT2D eigenvalue weighted by Crippen LogP contribution is -2.53. The van der Waals surface area contributed by atoms with Crippen molar-refractivity contribution in [3.63, 3.8) is 0 Å². The van der Waals surface area contributed by atoms with Crippen LogP contribution in [0.5, 0.6) is 0 Å². The highest BCUT2D eigenvalue weighted by Gasteiger charge is 2.59. The number of ether oxygens (including phenoxy) is 5. The summed E-state index contributed by atoms with van der Waals surface area (Å²) in [5, 5.41) is 5.58. The number of carbonyl (C=O) groups is 1. The van der Waals surface area contributed by atoms with Crippen molar-refractivity contribution >= 4 is 11.7 Å². The minimum absolute atomic E-state index is 0.344. The number of halogens is 1.